The second kappa shape index (κ2) is 16.5. The van der Waals surface area contributed by atoms with Crippen LogP contribution >= 0.6 is 0 Å². The molecule has 2 aliphatic rings. The monoisotopic (exact) mass is 892 g/mol. The summed E-state index contributed by atoms with van der Waals surface area (Å²) in [7, 11) is 0. The van der Waals surface area contributed by atoms with Crippen LogP contribution in [0.25, 0.3) is 76.5 Å². The number of aryl methyl sites for hydroxylation is 4. The molecule has 0 bridgehead atoms. The number of rotatable bonds is 5. The molecule has 70 heavy (non-hydrogen) atoms. The van der Waals surface area contributed by atoms with Crippen LogP contribution in [0.2, 0.25) is 0 Å². The minimum atomic E-state index is 0.992. The Hall–Kier alpha value is -8.72. The highest BCUT2D eigenvalue weighted by atomic mass is 15.2. The first-order valence-corrected chi connectivity index (χ1v) is 24.8. The van der Waals surface area contributed by atoms with Crippen molar-refractivity contribution in [2.45, 2.75) is 25.7 Å². The molecule has 0 aliphatic carbocycles. The third-order valence-corrected chi connectivity index (χ3v) is 15.2. The van der Waals surface area contributed by atoms with Crippen molar-refractivity contribution in [1.82, 2.24) is 0 Å². The minimum absolute atomic E-state index is 0.992. The third kappa shape index (κ3) is 6.55. The van der Waals surface area contributed by atoms with Crippen LogP contribution in [0.15, 0.2) is 243 Å². The molecule has 0 spiro atoms. The van der Waals surface area contributed by atoms with E-state index in [2.05, 4.69) is 252 Å². The van der Waals surface area contributed by atoms with Gasteiger partial charge in [-0.25, -0.2) is 0 Å². The number of hydrogen-bond acceptors (Lipinski definition) is 2. The largest absolute Gasteiger partial charge is 0.310 e. The fourth-order valence-corrected chi connectivity index (χ4v) is 11.9. The van der Waals surface area contributed by atoms with Crippen molar-refractivity contribution >= 4 is 77.2 Å². The van der Waals surface area contributed by atoms with Crippen molar-refractivity contribution in [1.29, 1.82) is 0 Å². The zero-order valence-corrected chi connectivity index (χ0v) is 38.8. The first-order valence-electron chi connectivity index (χ1n) is 24.8. The fourth-order valence-electron chi connectivity index (χ4n) is 11.9. The van der Waals surface area contributed by atoms with Gasteiger partial charge >= 0.3 is 0 Å². The third-order valence-electron chi connectivity index (χ3n) is 15.2. The SMILES string of the molecule is c1ccc2c(c1)CCc1ccccc1N2c1ccc2c(-c3ccccc3-c3cccc4ccccc34)c3cc(N4c5ccccc5CCc5ccccc54)ccc3c(-c3ccc4ccccc4c3)c2c1. The Morgan fingerprint density at radius 1 is 0.243 bits per heavy atom. The summed E-state index contributed by atoms with van der Waals surface area (Å²) in [4.78, 5) is 5.04. The van der Waals surface area contributed by atoms with Crippen LogP contribution in [-0.2, 0) is 25.7 Å². The van der Waals surface area contributed by atoms with E-state index in [1.54, 1.807) is 0 Å². The van der Waals surface area contributed by atoms with E-state index in [9.17, 15) is 0 Å². The molecule has 0 aromatic heterocycles. The topological polar surface area (TPSA) is 6.48 Å². The molecule has 2 nitrogen and oxygen atoms in total. The predicted molar refractivity (Wildman–Crippen MR) is 297 cm³/mol. The summed E-state index contributed by atoms with van der Waals surface area (Å²) in [5, 5.41) is 9.83. The van der Waals surface area contributed by atoms with Crippen molar-refractivity contribution in [2.24, 2.45) is 0 Å². The second-order valence-electron chi connectivity index (χ2n) is 19.0. The van der Waals surface area contributed by atoms with Gasteiger partial charge in [-0.1, -0.05) is 188 Å². The van der Waals surface area contributed by atoms with E-state index in [4.69, 9.17) is 0 Å². The van der Waals surface area contributed by atoms with Gasteiger partial charge in [0.15, 0.2) is 0 Å². The second-order valence-corrected chi connectivity index (χ2v) is 19.0. The van der Waals surface area contributed by atoms with E-state index in [1.165, 1.54) is 121 Å². The quantitative estimate of drug-likeness (QED) is 0.159. The van der Waals surface area contributed by atoms with Crippen LogP contribution in [0.1, 0.15) is 22.3 Å². The Bertz CT molecular complexity index is 3950. The molecule has 2 aliphatic heterocycles. The molecule has 2 heteroatoms. The lowest BCUT2D eigenvalue weighted by Crippen LogP contribution is -2.12. The Labute approximate surface area is 409 Å². The van der Waals surface area contributed by atoms with Crippen molar-refractivity contribution < 1.29 is 0 Å². The Morgan fingerprint density at radius 2 is 0.671 bits per heavy atom. The lowest BCUT2D eigenvalue weighted by atomic mass is 9.82. The fraction of sp³-hybridized carbons (Fsp3) is 0.0588. The maximum atomic E-state index is 2.52. The maximum absolute atomic E-state index is 2.52. The van der Waals surface area contributed by atoms with E-state index < -0.39 is 0 Å². The zero-order valence-electron chi connectivity index (χ0n) is 38.8. The number of anilines is 6. The summed E-state index contributed by atoms with van der Waals surface area (Å²) in [6.45, 7) is 0. The van der Waals surface area contributed by atoms with E-state index in [-0.39, 0.29) is 0 Å². The van der Waals surface area contributed by atoms with Crippen molar-refractivity contribution in [3.05, 3.63) is 265 Å². The van der Waals surface area contributed by atoms with Gasteiger partial charge in [-0.2, -0.15) is 0 Å². The highest BCUT2D eigenvalue weighted by Crippen LogP contribution is 2.52. The summed E-state index contributed by atoms with van der Waals surface area (Å²) in [6, 6.07) is 91.1. The summed E-state index contributed by atoms with van der Waals surface area (Å²) in [5.41, 5.74) is 20.0. The first-order chi connectivity index (χ1) is 34.7. The normalized spacial score (nSPS) is 13.1. The predicted octanol–water partition coefficient (Wildman–Crippen LogP) is 18.4. The molecule has 330 valence electrons. The van der Waals surface area contributed by atoms with Gasteiger partial charge in [-0.05, 0) is 179 Å². The zero-order chi connectivity index (χ0) is 46.1. The van der Waals surface area contributed by atoms with Crippen molar-refractivity contribution in [3.8, 4) is 33.4 Å². The molecule has 0 amide bonds. The summed E-state index contributed by atoms with van der Waals surface area (Å²) in [6.07, 6.45) is 3.97. The molecule has 12 aromatic rings. The van der Waals surface area contributed by atoms with Gasteiger partial charge in [0.1, 0.15) is 0 Å². The lowest BCUT2D eigenvalue weighted by molar-refractivity contribution is 0.977. The van der Waals surface area contributed by atoms with Gasteiger partial charge in [0.05, 0.1) is 0 Å². The van der Waals surface area contributed by atoms with Crippen LogP contribution in [0.5, 0.6) is 0 Å². The number of benzene rings is 12. The number of hydrogen-bond donors (Lipinski definition) is 0. The van der Waals surface area contributed by atoms with Crippen LogP contribution < -0.4 is 9.80 Å². The average Bonchev–Trinajstić information content (AvgIpc) is 3.70. The van der Waals surface area contributed by atoms with Crippen LogP contribution in [-0.4, -0.2) is 0 Å². The molecule has 14 rings (SSSR count). The molecule has 0 radical (unpaired) electrons. The van der Waals surface area contributed by atoms with E-state index in [0.717, 1.165) is 37.1 Å². The molecule has 0 atom stereocenters. The van der Waals surface area contributed by atoms with E-state index in [0.29, 0.717) is 0 Å². The maximum Gasteiger partial charge on any atom is 0.0493 e. The number of para-hydroxylation sites is 4. The van der Waals surface area contributed by atoms with Gasteiger partial charge < -0.3 is 9.80 Å². The van der Waals surface area contributed by atoms with Gasteiger partial charge in [0.2, 0.25) is 0 Å². The Balaban J connectivity index is 1.13. The Morgan fingerprint density at radius 3 is 1.26 bits per heavy atom. The molecule has 0 fully saturated rings. The number of fused-ring (bicyclic) bond motifs is 8. The lowest BCUT2D eigenvalue weighted by Gasteiger charge is -2.29. The molecule has 0 unspecified atom stereocenters. The summed E-state index contributed by atoms with van der Waals surface area (Å²) >= 11 is 0. The minimum Gasteiger partial charge on any atom is -0.310 e. The Kier molecular flexibility index (Phi) is 9.52. The van der Waals surface area contributed by atoms with Gasteiger partial charge in [-0.15, -0.1) is 0 Å². The first kappa shape index (κ1) is 40.4. The van der Waals surface area contributed by atoms with Gasteiger partial charge in [0, 0.05) is 34.1 Å². The molecular formula is C68H48N2. The molecule has 0 saturated carbocycles. The molecule has 0 N–H and O–H groups in total. The van der Waals surface area contributed by atoms with E-state index >= 15 is 0 Å². The molecular weight excluding hydrogens is 845 g/mol. The molecule has 2 heterocycles. The van der Waals surface area contributed by atoms with Crippen LogP contribution in [0.3, 0.4) is 0 Å². The van der Waals surface area contributed by atoms with Crippen LogP contribution in [0.4, 0.5) is 34.1 Å². The van der Waals surface area contributed by atoms with E-state index in [1.807, 2.05) is 0 Å². The highest BCUT2D eigenvalue weighted by molar-refractivity contribution is 6.24. The van der Waals surface area contributed by atoms with Gasteiger partial charge in [0.25, 0.3) is 0 Å². The number of nitrogens with zero attached hydrogens (tertiary/aromatic N) is 2. The summed E-state index contributed by atoms with van der Waals surface area (Å²) < 4.78 is 0. The van der Waals surface area contributed by atoms with Gasteiger partial charge in [-0.3, -0.25) is 0 Å². The highest BCUT2D eigenvalue weighted by Gasteiger charge is 2.27. The average molecular weight is 893 g/mol. The standard InChI is InChI=1S/C68H48N2/c1-2-22-51-42-52(37-32-45(51)16-1)67-59-40-38-54(70-65-30-13-6-20-49(65)35-36-50-21-7-14-31-66(50)70)44-62(59)68(58-26-10-9-25-57(58)56-27-15-23-46-17-3-8-24-55(46)56)60-41-39-53(43-61(60)67)69-63-28-11-4-18-47(63)33-34-48-19-5-12-29-64(48)69/h1-32,37-44H,33-36H2. The smallest absolute Gasteiger partial charge is 0.0493 e. The summed E-state index contributed by atoms with van der Waals surface area (Å²) in [5.74, 6) is 0. The van der Waals surface area contributed by atoms with Crippen molar-refractivity contribution in [2.75, 3.05) is 9.80 Å². The van der Waals surface area contributed by atoms with Crippen LogP contribution in [0, 0.1) is 0 Å². The molecule has 12 aromatic carbocycles. The molecule has 0 saturated heterocycles. The van der Waals surface area contributed by atoms with Crippen molar-refractivity contribution in [3.63, 3.8) is 0 Å².